The van der Waals surface area contributed by atoms with E-state index in [-0.39, 0.29) is 6.42 Å². The standard InChI is InChI=1S/C12H15N3O2/c1-7-3-4-11-14-8(2)10(15(11)6-7)5-9(13)12(16)17/h3-4,6,9H,5,13H2,1-2H3,(H,16,17). The maximum Gasteiger partial charge on any atom is 0.320 e. The second-order valence-corrected chi connectivity index (χ2v) is 4.23. The topological polar surface area (TPSA) is 80.6 Å². The summed E-state index contributed by atoms with van der Waals surface area (Å²) in [6, 6.07) is 3.00. The van der Waals surface area contributed by atoms with Crippen LogP contribution in [-0.2, 0) is 11.2 Å². The first kappa shape index (κ1) is 11.6. The maximum absolute atomic E-state index is 10.8. The van der Waals surface area contributed by atoms with E-state index in [1.165, 1.54) is 0 Å². The number of carbonyl (C=O) groups is 1. The lowest BCUT2D eigenvalue weighted by Crippen LogP contribution is -2.32. The Morgan fingerprint density at radius 2 is 2.24 bits per heavy atom. The van der Waals surface area contributed by atoms with Crippen LogP contribution in [0.2, 0.25) is 0 Å². The molecular formula is C12H15N3O2. The predicted octanol–water partition coefficient (Wildman–Crippen LogP) is 0.906. The Kier molecular flexibility index (Phi) is 2.85. The van der Waals surface area contributed by atoms with Crippen molar-refractivity contribution in [3.05, 3.63) is 35.3 Å². The molecule has 0 radical (unpaired) electrons. The van der Waals surface area contributed by atoms with Gasteiger partial charge in [-0.3, -0.25) is 4.79 Å². The molecule has 0 saturated carbocycles. The first-order valence-electron chi connectivity index (χ1n) is 5.41. The van der Waals surface area contributed by atoms with E-state index in [0.717, 1.165) is 22.6 Å². The van der Waals surface area contributed by atoms with E-state index in [4.69, 9.17) is 10.8 Å². The summed E-state index contributed by atoms with van der Waals surface area (Å²) in [4.78, 5) is 15.2. The monoisotopic (exact) mass is 233 g/mol. The quantitative estimate of drug-likeness (QED) is 0.825. The van der Waals surface area contributed by atoms with Gasteiger partial charge < -0.3 is 15.2 Å². The van der Waals surface area contributed by atoms with Crippen LogP contribution in [0.5, 0.6) is 0 Å². The number of nitrogens with zero attached hydrogens (tertiary/aromatic N) is 2. The van der Waals surface area contributed by atoms with Gasteiger partial charge in [-0.05, 0) is 25.5 Å². The Balaban J connectivity index is 2.48. The number of pyridine rings is 1. The molecule has 0 saturated heterocycles. The van der Waals surface area contributed by atoms with Gasteiger partial charge >= 0.3 is 5.97 Å². The van der Waals surface area contributed by atoms with Crippen molar-refractivity contribution in [3.8, 4) is 0 Å². The molecule has 3 N–H and O–H groups in total. The summed E-state index contributed by atoms with van der Waals surface area (Å²) in [5.41, 5.74) is 9.17. The van der Waals surface area contributed by atoms with Gasteiger partial charge in [-0.25, -0.2) is 4.98 Å². The number of imidazole rings is 1. The van der Waals surface area contributed by atoms with Crippen LogP contribution in [0.25, 0.3) is 5.65 Å². The Hall–Kier alpha value is -1.88. The fourth-order valence-corrected chi connectivity index (χ4v) is 1.86. The number of aliphatic carboxylic acids is 1. The number of fused-ring (bicyclic) bond motifs is 1. The fraction of sp³-hybridized carbons (Fsp3) is 0.333. The number of aryl methyl sites for hydroxylation is 2. The van der Waals surface area contributed by atoms with Crippen molar-refractivity contribution in [2.75, 3.05) is 0 Å². The van der Waals surface area contributed by atoms with Crippen LogP contribution in [0.4, 0.5) is 0 Å². The van der Waals surface area contributed by atoms with Crippen LogP contribution < -0.4 is 5.73 Å². The van der Waals surface area contributed by atoms with E-state index in [1.807, 2.05) is 36.6 Å². The number of carboxylic acid groups (broad SMARTS) is 1. The molecule has 1 atom stereocenters. The van der Waals surface area contributed by atoms with E-state index in [2.05, 4.69) is 4.98 Å². The number of hydrogen-bond acceptors (Lipinski definition) is 3. The molecule has 0 aliphatic heterocycles. The van der Waals surface area contributed by atoms with Gasteiger partial charge in [0.2, 0.25) is 0 Å². The molecule has 0 bridgehead atoms. The third kappa shape index (κ3) is 2.14. The fourth-order valence-electron chi connectivity index (χ4n) is 1.86. The Morgan fingerprint density at radius 3 is 2.88 bits per heavy atom. The number of hydrogen-bond donors (Lipinski definition) is 2. The highest BCUT2D eigenvalue weighted by Gasteiger charge is 2.17. The number of carboxylic acids is 1. The lowest BCUT2D eigenvalue weighted by atomic mass is 10.1. The van der Waals surface area contributed by atoms with Gasteiger partial charge in [0.25, 0.3) is 0 Å². The van der Waals surface area contributed by atoms with E-state index < -0.39 is 12.0 Å². The van der Waals surface area contributed by atoms with E-state index in [9.17, 15) is 4.79 Å². The number of rotatable bonds is 3. The SMILES string of the molecule is Cc1ccc2nc(C)c(CC(N)C(=O)O)n2c1. The molecule has 5 nitrogen and oxygen atoms in total. The third-order valence-corrected chi connectivity index (χ3v) is 2.80. The van der Waals surface area contributed by atoms with Crippen molar-refractivity contribution in [1.82, 2.24) is 9.38 Å². The molecule has 0 aliphatic rings. The molecule has 2 aromatic rings. The van der Waals surface area contributed by atoms with E-state index in [1.54, 1.807) is 0 Å². The molecule has 0 aliphatic carbocycles. The van der Waals surface area contributed by atoms with Crippen LogP contribution in [0.3, 0.4) is 0 Å². The molecule has 0 fully saturated rings. The summed E-state index contributed by atoms with van der Waals surface area (Å²) in [5, 5.41) is 8.84. The van der Waals surface area contributed by atoms with Crippen molar-refractivity contribution < 1.29 is 9.90 Å². The molecule has 0 amide bonds. The van der Waals surface area contributed by atoms with Crippen LogP contribution in [-0.4, -0.2) is 26.5 Å². The molecule has 90 valence electrons. The van der Waals surface area contributed by atoms with Crippen LogP contribution in [0.1, 0.15) is 17.0 Å². The predicted molar refractivity (Wildman–Crippen MR) is 64.0 cm³/mol. The summed E-state index contributed by atoms with van der Waals surface area (Å²) in [6.07, 6.45) is 2.23. The summed E-state index contributed by atoms with van der Waals surface area (Å²) in [7, 11) is 0. The Labute approximate surface area is 98.9 Å². The van der Waals surface area contributed by atoms with Crippen molar-refractivity contribution in [2.24, 2.45) is 5.73 Å². The van der Waals surface area contributed by atoms with Gasteiger partial charge in [-0.1, -0.05) is 6.07 Å². The third-order valence-electron chi connectivity index (χ3n) is 2.80. The summed E-state index contributed by atoms with van der Waals surface area (Å²) in [5.74, 6) is -0.994. The highest BCUT2D eigenvalue weighted by molar-refractivity contribution is 5.73. The molecular weight excluding hydrogens is 218 g/mol. The van der Waals surface area contributed by atoms with Gasteiger partial charge in [0.15, 0.2) is 0 Å². The number of nitrogens with two attached hydrogens (primary N) is 1. The lowest BCUT2D eigenvalue weighted by molar-refractivity contribution is -0.138. The first-order valence-corrected chi connectivity index (χ1v) is 5.41. The number of aromatic nitrogens is 2. The Bertz CT molecular complexity index is 574. The van der Waals surface area contributed by atoms with Crippen molar-refractivity contribution in [1.29, 1.82) is 0 Å². The molecule has 0 aromatic carbocycles. The second-order valence-electron chi connectivity index (χ2n) is 4.23. The van der Waals surface area contributed by atoms with Crippen molar-refractivity contribution in [2.45, 2.75) is 26.3 Å². The minimum Gasteiger partial charge on any atom is -0.480 e. The lowest BCUT2D eigenvalue weighted by Gasteiger charge is -2.07. The van der Waals surface area contributed by atoms with Gasteiger partial charge in [0.05, 0.1) is 5.69 Å². The molecule has 2 rings (SSSR count). The molecule has 5 heteroatoms. The minimum absolute atomic E-state index is 0.284. The zero-order valence-electron chi connectivity index (χ0n) is 9.84. The van der Waals surface area contributed by atoms with E-state index >= 15 is 0 Å². The molecule has 2 heterocycles. The summed E-state index contributed by atoms with van der Waals surface area (Å²) >= 11 is 0. The summed E-state index contributed by atoms with van der Waals surface area (Å²) in [6.45, 7) is 3.85. The Morgan fingerprint density at radius 1 is 1.53 bits per heavy atom. The van der Waals surface area contributed by atoms with Gasteiger partial charge in [-0.15, -0.1) is 0 Å². The van der Waals surface area contributed by atoms with Gasteiger partial charge in [0.1, 0.15) is 11.7 Å². The molecule has 17 heavy (non-hydrogen) atoms. The van der Waals surface area contributed by atoms with E-state index in [0.29, 0.717) is 0 Å². The molecule has 2 aromatic heterocycles. The minimum atomic E-state index is -0.994. The molecule has 0 spiro atoms. The first-order chi connectivity index (χ1) is 7.99. The zero-order chi connectivity index (χ0) is 12.6. The zero-order valence-corrected chi connectivity index (χ0v) is 9.84. The average molecular weight is 233 g/mol. The largest absolute Gasteiger partial charge is 0.480 e. The van der Waals surface area contributed by atoms with Crippen LogP contribution in [0, 0.1) is 13.8 Å². The second kappa shape index (κ2) is 4.18. The van der Waals surface area contributed by atoms with Crippen molar-refractivity contribution >= 4 is 11.6 Å². The van der Waals surface area contributed by atoms with Crippen molar-refractivity contribution in [3.63, 3.8) is 0 Å². The van der Waals surface area contributed by atoms with Crippen LogP contribution in [0.15, 0.2) is 18.3 Å². The van der Waals surface area contributed by atoms with Gasteiger partial charge in [-0.2, -0.15) is 0 Å². The van der Waals surface area contributed by atoms with Gasteiger partial charge in [0, 0.05) is 18.3 Å². The highest BCUT2D eigenvalue weighted by Crippen LogP contribution is 2.14. The average Bonchev–Trinajstić information content (AvgIpc) is 2.55. The van der Waals surface area contributed by atoms with Crippen LogP contribution >= 0.6 is 0 Å². The highest BCUT2D eigenvalue weighted by atomic mass is 16.4. The maximum atomic E-state index is 10.8. The summed E-state index contributed by atoms with van der Waals surface area (Å²) < 4.78 is 1.91. The molecule has 1 unspecified atom stereocenters. The normalized spacial score (nSPS) is 12.9. The smallest absolute Gasteiger partial charge is 0.320 e.